The Bertz CT molecular complexity index is 1120. The van der Waals surface area contributed by atoms with Crippen LogP contribution < -0.4 is 4.90 Å². The fourth-order valence-corrected chi connectivity index (χ4v) is 3.09. The first-order valence-corrected chi connectivity index (χ1v) is 10.3. The molecule has 2 aromatic carbocycles. The van der Waals surface area contributed by atoms with Crippen LogP contribution in [0.4, 0.5) is 18.9 Å². The Kier molecular flexibility index (Phi) is 6.61. The van der Waals surface area contributed by atoms with Crippen molar-refractivity contribution in [1.29, 1.82) is 0 Å². The van der Waals surface area contributed by atoms with Gasteiger partial charge in [0.05, 0.1) is 18.4 Å². The number of halogens is 3. The second-order valence-corrected chi connectivity index (χ2v) is 7.75. The van der Waals surface area contributed by atoms with Crippen molar-refractivity contribution in [3.05, 3.63) is 82.9 Å². The third-order valence-corrected chi connectivity index (χ3v) is 4.83. The molecule has 0 bridgehead atoms. The number of nitrogens with zero attached hydrogens (tertiary/aromatic N) is 3. The first-order chi connectivity index (χ1) is 14.6. The van der Waals surface area contributed by atoms with E-state index in [1.807, 2.05) is 0 Å². The summed E-state index contributed by atoms with van der Waals surface area (Å²) in [6.45, 7) is 0.669. The summed E-state index contributed by atoms with van der Waals surface area (Å²) in [7, 11) is -5.01. The molecule has 0 saturated carbocycles. The standard InChI is InChI=1S/C19H17F3N3O5P/c1-12-4-2-5-15(20)14(12)10-24-9-13(8-23-24)25(11-30-31(27,28)29)19(26)18-16(21)6-3-7-17(18)22/h2-9H,10-11H2,1H3,(H2,27,28,29). The summed E-state index contributed by atoms with van der Waals surface area (Å²) in [5, 5.41) is 4.00. The minimum atomic E-state index is -5.01. The van der Waals surface area contributed by atoms with Gasteiger partial charge in [-0.2, -0.15) is 5.10 Å². The Balaban J connectivity index is 1.95. The topological polar surface area (TPSA) is 105 Å². The molecule has 1 amide bonds. The summed E-state index contributed by atoms with van der Waals surface area (Å²) >= 11 is 0. The average molecular weight is 455 g/mol. The summed E-state index contributed by atoms with van der Waals surface area (Å²) < 4.78 is 59.0. The number of aromatic nitrogens is 2. The molecule has 0 atom stereocenters. The summed E-state index contributed by atoms with van der Waals surface area (Å²) in [6, 6.07) is 7.31. The number of aryl methyl sites for hydroxylation is 1. The lowest BCUT2D eigenvalue weighted by atomic mass is 10.1. The van der Waals surface area contributed by atoms with Crippen molar-refractivity contribution in [3.63, 3.8) is 0 Å². The number of carbonyl (C=O) groups is 1. The van der Waals surface area contributed by atoms with Gasteiger partial charge in [0.15, 0.2) is 0 Å². The van der Waals surface area contributed by atoms with E-state index in [0.29, 0.717) is 16.0 Å². The minimum Gasteiger partial charge on any atom is -0.303 e. The van der Waals surface area contributed by atoms with E-state index in [1.165, 1.54) is 16.9 Å². The van der Waals surface area contributed by atoms with Gasteiger partial charge in [0.1, 0.15) is 29.7 Å². The summed E-state index contributed by atoms with van der Waals surface area (Å²) in [4.78, 5) is 31.4. The molecule has 31 heavy (non-hydrogen) atoms. The SMILES string of the molecule is Cc1cccc(F)c1Cn1cc(N(COP(=O)(O)O)C(=O)c2c(F)cccc2F)cn1. The van der Waals surface area contributed by atoms with Crippen LogP contribution in [0.1, 0.15) is 21.5 Å². The van der Waals surface area contributed by atoms with E-state index in [0.717, 1.165) is 24.4 Å². The number of hydrogen-bond acceptors (Lipinski definition) is 4. The lowest BCUT2D eigenvalue weighted by Gasteiger charge is -2.21. The van der Waals surface area contributed by atoms with Gasteiger partial charge in [0.25, 0.3) is 5.91 Å². The molecule has 1 heterocycles. The number of phosphoric acid groups is 1. The van der Waals surface area contributed by atoms with Crippen molar-refractivity contribution in [2.24, 2.45) is 0 Å². The number of hydrogen-bond donors (Lipinski definition) is 2. The zero-order chi connectivity index (χ0) is 22.8. The fourth-order valence-electron chi connectivity index (χ4n) is 2.83. The van der Waals surface area contributed by atoms with Crippen molar-refractivity contribution < 1.29 is 36.8 Å². The van der Waals surface area contributed by atoms with Crippen LogP contribution in [-0.4, -0.2) is 32.2 Å². The average Bonchev–Trinajstić information content (AvgIpc) is 3.12. The maximum atomic E-state index is 14.1. The molecule has 8 nitrogen and oxygen atoms in total. The van der Waals surface area contributed by atoms with Gasteiger partial charge in [-0.05, 0) is 30.7 Å². The van der Waals surface area contributed by atoms with Gasteiger partial charge >= 0.3 is 7.82 Å². The lowest BCUT2D eigenvalue weighted by Crippen LogP contribution is -2.34. The van der Waals surface area contributed by atoms with Crippen LogP contribution >= 0.6 is 7.82 Å². The highest BCUT2D eigenvalue weighted by Crippen LogP contribution is 2.36. The number of benzene rings is 2. The zero-order valence-corrected chi connectivity index (χ0v) is 17.0. The molecule has 1 aromatic heterocycles. The van der Waals surface area contributed by atoms with Gasteiger partial charge in [0.2, 0.25) is 0 Å². The molecule has 0 spiro atoms. The van der Waals surface area contributed by atoms with E-state index in [9.17, 15) is 22.5 Å². The van der Waals surface area contributed by atoms with Gasteiger partial charge < -0.3 is 9.79 Å². The predicted octanol–water partition coefficient (Wildman–Crippen LogP) is 3.37. The number of amides is 1. The summed E-state index contributed by atoms with van der Waals surface area (Å²) in [5.41, 5.74) is -0.0190. The molecular formula is C19H17F3N3O5P. The number of rotatable bonds is 7. The first kappa shape index (κ1) is 22.7. The van der Waals surface area contributed by atoms with Crippen molar-refractivity contribution in [2.75, 3.05) is 11.6 Å². The van der Waals surface area contributed by atoms with Crippen LogP contribution in [0.15, 0.2) is 48.8 Å². The van der Waals surface area contributed by atoms with Crippen molar-refractivity contribution in [3.8, 4) is 0 Å². The molecule has 0 aliphatic heterocycles. The fraction of sp³-hybridized carbons (Fsp3) is 0.158. The molecule has 12 heteroatoms. The van der Waals surface area contributed by atoms with E-state index in [-0.39, 0.29) is 12.2 Å². The Labute approximate surface area is 174 Å². The largest absolute Gasteiger partial charge is 0.471 e. The first-order valence-electron chi connectivity index (χ1n) is 8.79. The minimum absolute atomic E-state index is 0.0199. The molecule has 0 radical (unpaired) electrons. The molecule has 0 saturated heterocycles. The zero-order valence-electron chi connectivity index (χ0n) is 16.1. The number of anilines is 1. The second-order valence-electron chi connectivity index (χ2n) is 6.51. The van der Waals surface area contributed by atoms with E-state index < -0.39 is 43.5 Å². The third kappa shape index (κ3) is 5.39. The Morgan fingerprint density at radius 1 is 1.13 bits per heavy atom. The number of carbonyl (C=O) groups excluding carboxylic acids is 1. The molecule has 0 aliphatic rings. The van der Waals surface area contributed by atoms with Gasteiger partial charge in [-0.3, -0.25) is 18.9 Å². The molecule has 0 aliphatic carbocycles. The van der Waals surface area contributed by atoms with Crippen molar-refractivity contribution in [1.82, 2.24) is 9.78 Å². The van der Waals surface area contributed by atoms with Crippen LogP contribution in [0, 0.1) is 24.4 Å². The molecule has 2 N–H and O–H groups in total. The third-order valence-electron chi connectivity index (χ3n) is 4.38. The van der Waals surface area contributed by atoms with E-state index in [4.69, 9.17) is 9.79 Å². The molecule has 0 fully saturated rings. The molecule has 0 unspecified atom stereocenters. The Morgan fingerprint density at radius 2 is 1.74 bits per heavy atom. The van der Waals surface area contributed by atoms with Gasteiger partial charge in [-0.25, -0.2) is 17.7 Å². The smallest absolute Gasteiger partial charge is 0.303 e. The van der Waals surface area contributed by atoms with Crippen molar-refractivity contribution >= 4 is 19.4 Å². The van der Waals surface area contributed by atoms with Crippen LogP contribution in [0.25, 0.3) is 0 Å². The molecule has 164 valence electrons. The number of phosphoric ester groups is 1. The summed E-state index contributed by atoms with van der Waals surface area (Å²) in [6.07, 6.45) is 2.38. The Hall–Kier alpha value is -2.98. The van der Waals surface area contributed by atoms with Crippen LogP contribution in [0.2, 0.25) is 0 Å². The summed E-state index contributed by atoms with van der Waals surface area (Å²) in [5.74, 6) is -4.05. The van der Waals surface area contributed by atoms with Gasteiger partial charge in [-0.15, -0.1) is 0 Å². The van der Waals surface area contributed by atoms with Gasteiger partial charge in [-0.1, -0.05) is 18.2 Å². The quantitative estimate of drug-likeness (QED) is 0.418. The van der Waals surface area contributed by atoms with Crippen LogP contribution in [0.5, 0.6) is 0 Å². The van der Waals surface area contributed by atoms with Gasteiger partial charge in [0, 0.05) is 11.8 Å². The monoisotopic (exact) mass is 455 g/mol. The highest BCUT2D eigenvalue weighted by atomic mass is 31.2. The lowest BCUT2D eigenvalue weighted by molar-refractivity contribution is 0.0947. The normalized spacial score (nSPS) is 11.5. The molecular weight excluding hydrogens is 438 g/mol. The van der Waals surface area contributed by atoms with Crippen molar-refractivity contribution in [2.45, 2.75) is 13.5 Å². The second kappa shape index (κ2) is 9.03. The highest BCUT2D eigenvalue weighted by molar-refractivity contribution is 7.46. The Morgan fingerprint density at radius 3 is 2.35 bits per heavy atom. The molecule has 3 rings (SSSR count). The van der Waals surface area contributed by atoms with E-state index in [2.05, 4.69) is 9.62 Å². The van der Waals surface area contributed by atoms with Crippen LogP contribution in [0.3, 0.4) is 0 Å². The highest BCUT2D eigenvalue weighted by Gasteiger charge is 2.28. The maximum absolute atomic E-state index is 14.1. The molecule has 3 aromatic rings. The predicted molar refractivity (Wildman–Crippen MR) is 104 cm³/mol. The maximum Gasteiger partial charge on any atom is 0.471 e. The van der Waals surface area contributed by atoms with E-state index in [1.54, 1.807) is 19.1 Å². The van der Waals surface area contributed by atoms with E-state index >= 15 is 0 Å². The van der Waals surface area contributed by atoms with Crippen LogP contribution in [-0.2, 0) is 15.6 Å².